The standard InChI is InChI=1S/C8H9ClIN3O/c9-3-8(1-2-8)13-6-5(10)7(14)12-4-11-6/h4H,1-3H2,(H2,11,12,13,14). The Kier molecular flexibility index (Phi) is 2.70. The minimum absolute atomic E-state index is 0.0255. The van der Waals surface area contributed by atoms with Crippen LogP contribution in [-0.4, -0.2) is 21.4 Å². The van der Waals surface area contributed by atoms with Gasteiger partial charge in [0, 0.05) is 5.88 Å². The molecule has 2 N–H and O–H groups in total. The molecule has 0 aliphatic heterocycles. The average molecular weight is 326 g/mol. The molecular weight excluding hydrogens is 316 g/mol. The molecule has 0 saturated heterocycles. The summed E-state index contributed by atoms with van der Waals surface area (Å²) in [6.45, 7) is 0. The summed E-state index contributed by atoms with van der Waals surface area (Å²) < 4.78 is 0.585. The lowest BCUT2D eigenvalue weighted by atomic mass is 10.3. The molecule has 1 aromatic heterocycles. The third-order valence-electron chi connectivity index (χ3n) is 2.29. The summed E-state index contributed by atoms with van der Waals surface area (Å²) in [5.41, 5.74) is -0.143. The van der Waals surface area contributed by atoms with E-state index < -0.39 is 0 Å². The number of nitrogens with one attached hydrogen (secondary N) is 2. The Morgan fingerprint density at radius 1 is 1.71 bits per heavy atom. The van der Waals surface area contributed by atoms with E-state index in [0.717, 1.165) is 12.8 Å². The second kappa shape index (κ2) is 3.69. The van der Waals surface area contributed by atoms with E-state index in [4.69, 9.17) is 11.6 Å². The predicted molar refractivity (Wildman–Crippen MR) is 63.9 cm³/mol. The number of nitrogens with zero attached hydrogens (tertiary/aromatic N) is 1. The Labute approximate surface area is 99.6 Å². The zero-order chi connectivity index (χ0) is 10.2. The van der Waals surface area contributed by atoms with Gasteiger partial charge < -0.3 is 10.3 Å². The van der Waals surface area contributed by atoms with Crippen molar-refractivity contribution in [2.75, 3.05) is 11.2 Å². The monoisotopic (exact) mass is 325 g/mol. The van der Waals surface area contributed by atoms with E-state index in [1.807, 2.05) is 22.6 Å². The highest BCUT2D eigenvalue weighted by molar-refractivity contribution is 14.1. The van der Waals surface area contributed by atoms with Gasteiger partial charge in [-0.1, -0.05) is 0 Å². The summed E-state index contributed by atoms with van der Waals surface area (Å²) in [5.74, 6) is 1.19. The van der Waals surface area contributed by atoms with E-state index in [2.05, 4.69) is 15.3 Å². The first-order chi connectivity index (χ1) is 6.67. The molecule has 1 aliphatic carbocycles. The lowest BCUT2D eigenvalue weighted by Gasteiger charge is -2.14. The zero-order valence-electron chi connectivity index (χ0n) is 7.31. The molecule has 0 atom stereocenters. The SMILES string of the molecule is O=c1[nH]cnc(NC2(CCl)CC2)c1I. The van der Waals surface area contributed by atoms with Crippen molar-refractivity contribution in [3.63, 3.8) is 0 Å². The Bertz CT molecular complexity index is 402. The van der Waals surface area contributed by atoms with Crippen molar-refractivity contribution < 1.29 is 0 Å². The van der Waals surface area contributed by atoms with Gasteiger partial charge in [0.25, 0.3) is 5.56 Å². The average Bonchev–Trinajstić information content (AvgIpc) is 2.94. The van der Waals surface area contributed by atoms with Crippen molar-refractivity contribution in [2.45, 2.75) is 18.4 Å². The van der Waals surface area contributed by atoms with Crippen LogP contribution in [0.1, 0.15) is 12.8 Å². The maximum atomic E-state index is 11.3. The third-order valence-corrected chi connectivity index (χ3v) is 3.80. The Morgan fingerprint density at radius 3 is 3.00 bits per heavy atom. The molecule has 0 radical (unpaired) electrons. The minimum atomic E-state index is -0.117. The molecule has 0 amide bonds. The lowest BCUT2D eigenvalue weighted by Crippen LogP contribution is -2.26. The van der Waals surface area contributed by atoms with Gasteiger partial charge in [-0.15, -0.1) is 11.6 Å². The number of hydrogen-bond acceptors (Lipinski definition) is 3. The topological polar surface area (TPSA) is 57.8 Å². The fourth-order valence-corrected chi connectivity index (χ4v) is 1.93. The van der Waals surface area contributed by atoms with E-state index in [9.17, 15) is 4.79 Å². The molecule has 6 heteroatoms. The Balaban J connectivity index is 2.25. The molecule has 1 fully saturated rings. The maximum absolute atomic E-state index is 11.3. The number of hydrogen-bond donors (Lipinski definition) is 2. The molecule has 0 aromatic carbocycles. The van der Waals surface area contributed by atoms with Crippen molar-refractivity contribution in [3.05, 3.63) is 20.3 Å². The van der Waals surface area contributed by atoms with Crippen LogP contribution in [0, 0.1) is 3.57 Å². The fraction of sp³-hybridized carbons (Fsp3) is 0.500. The summed E-state index contributed by atoms with van der Waals surface area (Å²) in [6.07, 6.45) is 3.49. The van der Waals surface area contributed by atoms with Crippen molar-refractivity contribution in [3.8, 4) is 0 Å². The van der Waals surface area contributed by atoms with Gasteiger partial charge in [0.1, 0.15) is 9.39 Å². The van der Waals surface area contributed by atoms with Crippen molar-refractivity contribution in [1.29, 1.82) is 0 Å². The van der Waals surface area contributed by atoms with E-state index in [0.29, 0.717) is 15.3 Å². The van der Waals surface area contributed by atoms with Gasteiger partial charge in [-0.2, -0.15) is 0 Å². The molecule has 1 aliphatic rings. The van der Waals surface area contributed by atoms with Crippen molar-refractivity contribution >= 4 is 40.0 Å². The van der Waals surface area contributed by atoms with Gasteiger partial charge in [-0.25, -0.2) is 4.98 Å². The predicted octanol–water partition coefficient (Wildman–Crippen LogP) is 1.56. The second-order valence-corrected chi connectivity index (χ2v) is 4.78. The summed E-state index contributed by atoms with van der Waals surface area (Å²) in [7, 11) is 0. The Hall–Kier alpha value is -0.300. The number of rotatable bonds is 3. The van der Waals surface area contributed by atoms with E-state index in [-0.39, 0.29) is 11.1 Å². The number of alkyl halides is 1. The lowest BCUT2D eigenvalue weighted by molar-refractivity contribution is 0.824. The molecule has 0 bridgehead atoms. The van der Waals surface area contributed by atoms with E-state index >= 15 is 0 Å². The normalized spacial score (nSPS) is 17.9. The highest BCUT2D eigenvalue weighted by Crippen LogP contribution is 2.39. The quantitative estimate of drug-likeness (QED) is 0.655. The van der Waals surface area contributed by atoms with Crippen LogP contribution in [0.3, 0.4) is 0 Å². The smallest absolute Gasteiger partial charge is 0.266 e. The van der Waals surface area contributed by atoms with Gasteiger partial charge in [-0.3, -0.25) is 4.79 Å². The number of halogens is 2. The van der Waals surface area contributed by atoms with Crippen LogP contribution in [0.25, 0.3) is 0 Å². The molecule has 14 heavy (non-hydrogen) atoms. The molecule has 0 spiro atoms. The summed E-state index contributed by atoms with van der Waals surface area (Å²) in [4.78, 5) is 17.9. The van der Waals surface area contributed by atoms with Gasteiger partial charge in [-0.05, 0) is 35.4 Å². The van der Waals surface area contributed by atoms with Crippen LogP contribution in [0.15, 0.2) is 11.1 Å². The molecule has 76 valence electrons. The van der Waals surface area contributed by atoms with Crippen LogP contribution >= 0.6 is 34.2 Å². The first-order valence-electron chi connectivity index (χ1n) is 4.24. The van der Waals surface area contributed by atoms with Gasteiger partial charge >= 0.3 is 0 Å². The summed E-state index contributed by atoms with van der Waals surface area (Å²) in [6, 6.07) is 0. The first kappa shape index (κ1) is 10.2. The molecule has 1 saturated carbocycles. The molecule has 2 rings (SSSR count). The van der Waals surface area contributed by atoms with E-state index in [1.165, 1.54) is 6.33 Å². The van der Waals surface area contributed by atoms with Crippen LogP contribution in [0.2, 0.25) is 0 Å². The highest BCUT2D eigenvalue weighted by Gasteiger charge is 2.42. The van der Waals surface area contributed by atoms with E-state index in [1.54, 1.807) is 0 Å². The van der Waals surface area contributed by atoms with Crippen LogP contribution in [0.4, 0.5) is 5.82 Å². The maximum Gasteiger partial charge on any atom is 0.266 e. The number of H-pyrrole nitrogens is 1. The minimum Gasteiger partial charge on any atom is -0.362 e. The van der Waals surface area contributed by atoms with Crippen LogP contribution in [0.5, 0.6) is 0 Å². The van der Waals surface area contributed by atoms with Crippen LogP contribution in [-0.2, 0) is 0 Å². The fourth-order valence-electron chi connectivity index (χ4n) is 1.16. The van der Waals surface area contributed by atoms with Gasteiger partial charge in [0.2, 0.25) is 0 Å². The molecule has 1 aromatic rings. The van der Waals surface area contributed by atoms with Crippen molar-refractivity contribution in [2.24, 2.45) is 0 Å². The molecular formula is C8H9ClIN3O. The largest absolute Gasteiger partial charge is 0.362 e. The third kappa shape index (κ3) is 1.88. The second-order valence-electron chi connectivity index (χ2n) is 3.43. The molecule has 4 nitrogen and oxygen atoms in total. The first-order valence-corrected chi connectivity index (χ1v) is 5.85. The Morgan fingerprint density at radius 2 is 2.43 bits per heavy atom. The molecule has 1 heterocycles. The number of aromatic amines is 1. The zero-order valence-corrected chi connectivity index (χ0v) is 10.2. The van der Waals surface area contributed by atoms with Crippen molar-refractivity contribution in [1.82, 2.24) is 9.97 Å². The molecule has 0 unspecified atom stereocenters. The highest BCUT2D eigenvalue weighted by atomic mass is 127. The van der Waals surface area contributed by atoms with Crippen LogP contribution < -0.4 is 10.9 Å². The summed E-state index contributed by atoms with van der Waals surface area (Å²) in [5, 5.41) is 3.22. The van der Waals surface area contributed by atoms with Gasteiger partial charge in [0.05, 0.1) is 11.9 Å². The van der Waals surface area contributed by atoms with Gasteiger partial charge in [0.15, 0.2) is 0 Å². The summed E-state index contributed by atoms with van der Waals surface area (Å²) >= 11 is 7.80. The number of aromatic nitrogens is 2. The number of anilines is 1.